The maximum Gasteiger partial charge on any atom is 0.255 e. The quantitative estimate of drug-likeness (QED) is 0.887. The molecule has 1 fully saturated rings. The molecule has 1 heterocycles. The highest BCUT2D eigenvalue weighted by molar-refractivity contribution is 7.94. The summed E-state index contributed by atoms with van der Waals surface area (Å²) in [6.45, 7) is 1.89. The Labute approximate surface area is 151 Å². The number of benzene rings is 2. The highest BCUT2D eigenvalue weighted by atomic mass is 32.2. The lowest BCUT2D eigenvalue weighted by Gasteiger charge is -2.16. The van der Waals surface area contributed by atoms with E-state index < -0.39 is 21.8 Å². The van der Waals surface area contributed by atoms with Crippen LogP contribution in [0.1, 0.15) is 22.3 Å². The number of anilines is 2. The van der Waals surface area contributed by atoms with Crippen LogP contribution in [0.5, 0.6) is 5.75 Å². The van der Waals surface area contributed by atoms with Crippen LogP contribution >= 0.6 is 0 Å². The van der Waals surface area contributed by atoms with Crippen molar-refractivity contribution >= 4 is 33.2 Å². The number of aryl methyl sites for hydroxylation is 1. The molecular formula is C18H18N2O5S. The van der Waals surface area contributed by atoms with Crippen LogP contribution in [-0.2, 0) is 14.8 Å². The van der Waals surface area contributed by atoms with Gasteiger partial charge in [-0.3, -0.25) is 9.59 Å². The third-order valence-corrected chi connectivity index (χ3v) is 5.72. The Morgan fingerprint density at radius 3 is 2.62 bits per heavy atom. The van der Waals surface area contributed by atoms with Crippen LogP contribution in [0.15, 0.2) is 42.5 Å². The van der Waals surface area contributed by atoms with E-state index in [4.69, 9.17) is 4.74 Å². The molecule has 7 nitrogen and oxygen atoms in total. The molecule has 3 rings (SSSR count). The lowest BCUT2D eigenvalue weighted by Crippen LogP contribution is -2.29. The van der Waals surface area contributed by atoms with Crippen molar-refractivity contribution < 1.29 is 22.7 Å². The Bertz CT molecular complexity index is 985. The summed E-state index contributed by atoms with van der Waals surface area (Å²) >= 11 is 0. The van der Waals surface area contributed by atoms with Crippen molar-refractivity contribution in [3.63, 3.8) is 0 Å². The first-order valence-electron chi connectivity index (χ1n) is 7.94. The number of nitrogens with zero attached hydrogens (tertiary/aromatic N) is 1. The topological polar surface area (TPSA) is 92.8 Å². The van der Waals surface area contributed by atoms with Crippen LogP contribution in [0.4, 0.5) is 11.4 Å². The van der Waals surface area contributed by atoms with Crippen LogP contribution in [0.25, 0.3) is 0 Å². The number of nitrogens with one attached hydrogen (secondary N) is 1. The SMILES string of the molecule is COc1ccc(C)cc1NC(=O)c1cccc(N2C(=O)CCS2(=O)=O)c1. The molecule has 0 unspecified atom stereocenters. The Morgan fingerprint density at radius 1 is 1.19 bits per heavy atom. The maximum atomic E-state index is 12.6. The summed E-state index contributed by atoms with van der Waals surface area (Å²) in [5.74, 6) is -0.636. The summed E-state index contributed by atoms with van der Waals surface area (Å²) in [5, 5.41) is 2.75. The summed E-state index contributed by atoms with van der Waals surface area (Å²) in [7, 11) is -2.17. The molecule has 0 atom stereocenters. The summed E-state index contributed by atoms with van der Waals surface area (Å²) in [6, 6.07) is 11.3. The number of carbonyl (C=O) groups excluding carboxylic acids is 2. The first-order chi connectivity index (χ1) is 12.3. The summed E-state index contributed by atoms with van der Waals surface area (Å²) in [6.07, 6.45) is -0.0563. The first kappa shape index (κ1) is 17.9. The standard InChI is InChI=1S/C18H18N2O5S/c1-12-6-7-16(25-2)15(10-12)19-18(22)13-4-3-5-14(11-13)20-17(21)8-9-26(20,23)24/h3-7,10-11H,8-9H2,1-2H3,(H,19,22). The molecule has 2 amide bonds. The Balaban J connectivity index is 1.90. The lowest BCUT2D eigenvalue weighted by atomic mass is 10.1. The summed E-state index contributed by atoms with van der Waals surface area (Å²) in [4.78, 5) is 24.5. The third kappa shape index (κ3) is 3.41. The number of amides is 2. The Kier molecular flexibility index (Phi) is 4.69. The van der Waals surface area contributed by atoms with Crippen LogP contribution in [-0.4, -0.2) is 33.1 Å². The third-order valence-electron chi connectivity index (χ3n) is 4.02. The van der Waals surface area contributed by atoms with E-state index in [0.29, 0.717) is 11.4 Å². The van der Waals surface area contributed by atoms with Gasteiger partial charge in [0.25, 0.3) is 5.91 Å². The van der Waals surface area contributed by atoms with Gasteiger partial charge in [0.2, 0.25) is 15.9 Å². The van der Waals surface area contributed by atoms with Crippen molar-refractivity contribution in [1.82, 2.24) is 0 Å². The van der Waals surface area contributed by atoms with Gasteiger partial charge in [0.1, 0.15) is 5.75 Å². The second kappa shape index (κ2) is 6.80. The van der Waals surface area contributed by atoms with Gasteiger partial charge >= 0.3 is 0 Å². The van der Waals surface area contributed by atoms with E-state index >= 15 is 0 Å². The minimum absolute atomic E-state index is 0.0563. The fourth-order valence-electron chi connectivity index (χ4n) is 2.76. The van der Waals surface area contributed by atoms with Gasteiger partial charge in [-0.2, -0.15) is 0 Å². The zero-order chi connectivity index (χ0) is 18.9. The molecule has 1 aliphatic rings. The molecule has 2 aromatic rings. The normalized spacial score (nSPS) is 15.8. The maximum absolute atomic E-state index is 12.6. The second-order valence-electron chi connectivity index (χ2n) is 5.93. The molecule has 0 radical (unpaired) electrons. The molecule has 0 saturated carbocycles. The van der Waals surface area contributed by atoms with Gasteiger partial charge in [-0.1, -0.05) is 12.1 Å². The molecule has 1 aliphatic heterocycles. The number of sulfonamides is 1. The molecule has 0 spiro atoms. The minimum atomic E-state index is -3.67. The molecule has 8 heteroatoms. The molecule has 1 N–H and O–H groups in total. The van der Waals surface area contributed by atoms with Crippen molar-refractivity contribution in [2.45, 2.75) is 13.3 Å². The van der Waals surface area contributed by atoms with Gasteiger partial charge in [0.05, 0.1) is 24.2 Å². The lowest BCUT2D eigenvalue weighted by molar-refractivity contribution is -0.116. The number of hydrogen-bond donors (Lipinski definition) is 1. The average molecular weight is 374 g/mol. The van der Waals surface area contributed by atoms with Crippen molar-refractivity contribution in [3.8, 4) is 5.75 Å². The fourth-order valence-corrected chi connectivity index (χ4v) is 4.21. The van der Waals surface area contributed by atoms with E-state index in [9.17, 15) is 18.0 Å². The predicted molar refractivity (Wildman–Crippen MR) is 98.0 cm³/mol. The van der Waals surface area contributed by atoms with Crippen molar-refractivity contribution in [1.29, 1.82) is 0 Å². The molecule has 0 aromatic heterocycles. The summed E-state index contributed by atoms with van der Waals surface area (Å²) < 4.78 is 30.1. The number of ether oxygens (including phenoxy) is 1. The van der Waals surface area contributed by atoms with Crippen LogP contribution in [0.2, 0.25) is 0 Å². The van der Waals surface area contributed by atoms with E-state index in [-0.39, 0.29) is 23.4 Å². The molecule has 1 saturated heterocycles. The van der Waals surface area contributed by atoms with E-state index in [1.54, 1.807) is 24.3 Å². The second-order valence-corrected chi connectivity index (χ2v) is 7.87. The van der Waals surface area contributed by atoms with Gasteiger partial charge in [-0.05, 0) is 42.8 Å². The van der Waals surface area contributed by atoms with E-state index in [1.807, 2.05) is 13.0 Å². The smallest absolute Gasteiger partial charge is 0.255 e. The predicted octanol–water partition coefficient (Wildman–Crippen LogP) is 2.32. The number of hydrogen-bond acceptors (Lipinski definition) is 5. The molecule has 0 bridgehead atoms. The van der Waals surface area contributed by atoms with Gasteiger partial charge in [-0.15, -0.1) is 0 Å². The minimum Gasteiger partial charge on any atom is -0.495 e. The van der Waals surface area contributed by atoms with E-state index in [0.717, 1.165) is 9.87 Å². The van der Waals surface area contributed by atoms with Crippen molar-refractivity contribution in [2.24, 2.45) is 0 Å². The largest absolute Gasteiger partial charge is 0.495 e. The van der Waals surface area contributed by atoms with Crippen molar-refractivity contribution in [3.05, 3.63) is 53.6 Å². The highest BCUT2D eigenvalue weighted by Crippen LogP contribution is 2.28. The van der Waals surface area contributed by atoms with E-state index in [1.165, 1.54) is 19.2 Å². The van der Waals surface area contributed by atoms with Gasteiger partial charge in [0.15, 0.2) is 0 Å². The number of carbonyl (C=O) groups is 2. The van der Waals surface area contributed by atoms with E-state index in [2.05, 4.69) is 5.32 Å². The van der Waals surface area contributed by atoms with Gasteiger partial charge < -0.3 is 10.1 Å². The van der Waals surface area contributed by atoms with Crippen LogP contribution < -0.4 is 14.4 Å². The zero-order valence-electron chi connectivity index (χ0n) is 14.4. The number of rotatable bonds is 4. The average Bonchev–Trinajstić information content (AvgIpc) is 2.88. The van der Waals surface area contributed by atoms with Crippen LogP contribution in [0.3, 0.4) is 0 Å². The highest BCUT2D eigenvalue weighted by Gasteiger charge is 2.36. The van der Waals surface area contributed by atoms with Crippen LogP contribution in [0, 0.1) is 6.92 Å². The molecular weight excluding hydrogens is 356 g/mol. The number of methoxy groups -OCH3 is 1. The zero-order valence-corrected chi connectivity index (χ0v) is 15.2. The monoisotopic (exact) mass is 374 g/mol. The van der Waals surface area contributed by atoms with Gasteiger partial charge in [0, 0.05) is 12.0 Å². The Morgan fingerprint density at radius 2 is 1.96 bits per heavy atom. The summed E-state index contributed by atoms with van der Waals surface area (Å²) in [5.41, 5.74) is 1.86. The molecule has 0 aliphatic carbocycles. The molecule has 2 aromatic carbocycles. The molecule has 26 heavy (non-hydrogen) atoms. The molecule has 136 valence electrons. The Hall–Kier alpha value is -2.87. The fraction of sp³-hybridized carbons (Fsp3) is 0.222. The van der Waals surface area contributed by atoms with Crippen molar-refractivity contribution in [2.75, 3.05) is 22.5 Å². The first-order valence-corrected chi connectivity index (χ1v) is 9.54. The van der Waals surface area contributed by atoms with Gasteiger partial charge in [-0.25, -0.2) is 12.7 Å².